The summed E-state index contributed by atoms with van der Waals surface area (Å²) in [6.45, 7) is 3.46. The standard InChI is InChI=1S/C22H21N7O2/c1-3-19(30)24-14-5-4-6-15(11-14)31-21-16-9-10-23-20(16)26-22(27-21)25-18-12-17(13-7-8-13)28-29(18)2/h3-6,9-13H,1,7-8H2,2H3,(H,24,30)(H2,23,25,26,27). The molecule has 1 aromatic carbocycles. The van der Waals surface area contributed by atoms with Gasteiger partial charge in [-0.05, 0) is 37.1 Å². The average molecular weight is 415 g/mol. The van der Waals surface area contributed by atoms with Crippen LogP contribution in [0, 0.1) is 0 Å². The van der Waals surface area contributed by atoms with E-state index in [0.29, 0.717) is 34.8 Å². The van der Waals surface area contributed by atoms with Crippen molar-refractivity contribution in [3.8, 4) is 11.6 Å². The van der Waals surface area contributed by atoms with Gasteiger partial charge in [-0.15, -0.1) is 0 Å². The zero-order chi connectivity index (χ0) is 21.4. The van der Waals surface area contributed by atoms with Gasteiger partial charge in [-0.3, -0.25) is 9.48 Å². The number of benzene rings is 1. The van der Waals surface area contributed by atoms with Gasteiger partial charge in [-0.2, -0.15) is 15.1 Å². The highest BCUT2D eigenvalue weighted by Gasteiger charge is 2.27. The highest BCUT2D eigenvalue weighted by Crippen LogP contribution is 2.40. The number of H-pyrrole nitrogens is 1. The number of carbonyl (C=O) groups excluding carboxylic acids is 1. The van der Waals surface area contributed by atoms with E-state index in [1.54, 1.807) is 35.1 Å². The largest absolute Gasteiger partial charge is 0.438 e. The molecular weight excluding hydrogens is 394 g/mol. The van der Waals surface area contributed by atoms with Gasteiger partial charge in [0.2, 0.25) is 17.7 Å². The number of rotatable bonds is 7. The highest BCUT2D eigenvalue weighted by atomic mass is 16.5. The van der Waals surface area contributed by atoms with Crippen LogP contribution < -0.4 is 15.4 Å². The monoisotopic (exact) mass is 415 g/mol. The van der Waals surface area contributed by atoms with Gasteiger partial charge in [0.1, 0.15) is 17.2 Å². The molecule has 9 heteroatoms. The molecular formula is C22H21N7O2. The first kappa shape index (κ1) is 18.9. The summed E-state index contributed by atoms with van der Waals surface area (Å²) in [6.07, 6.45) is 5.37. The summed E-state index contributed by atoms with van der Waals surface area (Å²) >= 11 is 0. The van der Waals surface area contributed by atoms with Crippen LogP contribution in [0.25, 0.3) is 11.0 Å². The molecule has 0 aliphatic heterocycles. The van der Waals surface area contributed by atoms with Crippen molar-refractivity contribution in [3.05, 3.63) is 60.9 Å². The van der Waals surface area contributed by atoms with E-state index < -0.39 is 0 Å². The average Bonchev–Trinajstić information content (AvgIpc) is 3.39. The Hall–Kier alpha value is -4.14. The lowest BCUT2D eigenvalue weighted by Gasteiger charge is -2.10. The van der Waals surface area contributed by atoms with Crippen LogP contribution in [0.5, 0.6) is 11.6 Å². The molecule has 0 saturated heterocycles. The van der Waals surface area contributed by atoms with Crippen molar-refractivity contribution in [2.45, 2.75) is 18.8 Å². The minimum atomic E-state index is -0.291. The van der Waals surface area contributed by atoms with Crippen molar-refractivity contribution in [2.24, 2.45) is 7.05 Å². The molecule has 3 aromatic heterocycles. The Labute approximate surface area is 178 Å². The SMILES string of the molecule is C=CC(=O)Nc1cccc(Oc2nc(Nc3cc(C4CC4)nn3C)nc3[nH]ccc23)c1. The van der Waals surface area contributed by atoms with Gasteiger partial charge in [0.25, 0.3) is 0 Å². The van der Waals surface area contributed by atoms with Crippen LogP contribution in [0.15, 0.2) is 55.3 Å². The molecule has 0 spiro atoms. The molecule has 1 saturated carbocycles. The quantitative estimate of drug-likeness (QED) is 0.390. The van der Waals surface area contributed by atoms with Crippen molar-refractivity contribution in [1.29, 1.82) is 0 Å². The molecule has 0 radical (unpaired) electrons. The van der Waals surface area contributed by atoms with Crippen molar-refractivity contribution in [1.82, 2.24) is 24.7 Å². The molecule has 5 rings (SSSR count). The number of carbonyl (C=O) groups is 1. The van der Waals surface area contributed by atoms with Crippen LogP contribution in [0.3, 0.4) is 0 Å². The van der Waals surface area contributed by atoms with E-state index in [4.69, 9.17) is 4.74 Å². The Morgan fingerprint density at radius 3 is 2.97 bits per heavy atom. The molecule has 1 aliphatic carbocycles. The second kappa shape index (κ2) is 7.60. The Morgan fingerprint density at radius 2 is 2.16 bits per heavy atom. The van der Waals surface area contributed by atoms with Crippen molar-refractivity contribution in [2.75, 3.05) is 10.6 Å². The van der Waals surface area contributed by atoms with E-state index in [9.17, 15) is 4.79 Å². The summed E-state index contributed by atoms with van der Waals surface area (Å²) < 4.78 is 7.85. The molecule has 1 amide bonds. The van der Waals surface area contributed by atoms with Crippen molar-refractivity contribution in [3.63, 3.8) is 0 Å². The van der Waals surface area contributed by atoms with Crippen molar-refractivity contribution < 1.29 is 9.53 Å². The van der Waals surface area contributed by atoms with Crippen molar-refractivity contribution >= 4 is 34.4 Å². The van der Waals surface area contributed by atoms with E-state index >= 15 is 0 Å². The van der Waals surface area contributed by atoms with Crippen LogP contribution in [-0.4, -0.2) is 30.6 Å². The molecule has 1 fully saturated rings. The number of nitrogens with one attached hydrogen (secondary N) is 3. The van der Waals surface area contributed by atoms with Gasteiger partial charge in [-0.1, -0.05) is 12.6 Å². The third kappa shape index (κ3) is 3.97. The summed E-state index contributed by atoms with van der Waals surface area (Å²) in [7, 11) is 1.89. The number of nitrogens with zero attached hydrogens (tertiary/aromatic N) is 4. The Kier molecular flexibility index (Phi) is 4.62. The maximum atomic E-state index is 11.6. The zero-order valence-corrected chi connectivity index (χ0v) is 16.9. The fraction of sp³-hybridized carbons (Fsp3) is 0.182. The third-order valence-corrected chi connectivity index (χ3v) is 5.02. The van der Waals surface area contributed by atoms with Gasteiger partial charge in [-0.25, -0.2) is 0 Å². The minimum absolute atomic E-state index is 0.291. The fourth-order valence-electron chi connectivity index (χ4n) is 3.29. The molecule has 156 valence electrons. The normalized spacial score (nSPS) is 13.2. The molecule has 3 N–H and O–H groups in total. The summed E-state index contributed by atoms with van der Waals surface area (Å²) in [5.41, 5.74) is 2.33. The van der Waals surface area contributed by atoms with Gasteiger partial charge < -0.3 is 20.4 Å². The lowest BCUT2D eigenvalue weighted by molar-refractivity contribution is -0.111. The zero-order valence-electron chi connectivity index (χ0n) is 16.9. The number of aromatic nitrogens is 5. The number of aryl methyl sites for hydroxylation is 1. The first-order valence-electron chi connectivity index (χ1n) is 9.96. The van der Waals surface area contributed by atoms with Crippen LogP contribution in [0.2, 0.25) is 0 Å². The van der Waals surface area contributed by atoms with E-state index in [1.165, 1.54) is 18.9 Å². The van der Waals surface area contributed by atoms with Gasteiger partial charge in [0.05, 0.1) is 11.1 Å². The molecule has 9 nitrogen and oxygen atoms in total. The number of hydrogen-bond acceptors (Lipinski definition) is 6. The highest BCUT2D eigenvalue weighted by molar-refractivity contribution is 5.99. The second-order valence-corrected chi connectivity index (χ2v) is 7.39. The molecule has 4 aromatic rings. The number of hydrogen-bond donors (Lipinski definition) is 3. The van der Waals surface area contributed by atoms with E-state index in [-0.39, 0.29) is 5.91 Å². The first-order valence-corrected chi connectivity index (χ1v) is 9.96. The van der Waals surface area contributed by atoms with Gasteiger partial charge in [0.15, 0.2) is 0 Å². The molecule has 31 heavy (non-hydrogen) atoms. The minimum Gasteiger partial charge on any atom is -0.438 e. The molecule has 0 atom stereocenters. The Morgan fingerprint density at radius 1 is 1.29 bits per heavy atom. The van der Waals surface area contributed by atoms with E-state index in [0.717, 1.165) is 16.9 Å². The van der Waals surface area contributed by atoms with E-state index in [1.807, 2.05) is 19.2 Å². The lowest BCUT2D eigenvalue weighted by atomic mass is 10.3. The van der Waals surface area contributed by atoms with Gasteiger partial charge >= 0.3 is 0 Å². The number of fused-ring (bicyclic) bond motifs is 1. The number of amides is 1. The molecule has 3 heterocycles. The van der Waals surface area contributed by atoms with E-state index in [2.05, 4.69) is 37.3 Å². The predicted octanol–water partition coefficient (Wildman–Crippen LogP) is 4.23. The molecule has 0 unspecified atom stereocenters. The fourth-order valence-corrected chi connectivity index (χ4v) is 3.29. The maximum absolute atomic E-state index is 11.6. The van der Waals surface area contributed by atoms with Gasteiger partial charge in [0, 0.05) is 37.0 Å². The van der Waals surface area contributed by atoms with Crippen LogP contribution in [0.4, 0.5) is 17.5 Å². The summed E-state index contributed by atoms with van der Waals surface area (Å²) in [4.78, 5) is 23.8. The molecule has 0 bridgehead atoms. The van der Waals surface area contributed by atoms with Crippen LogP contribution in [0.1, 0.15) is 24.5 Å². The smallest absolute Gasteiger partial charge is 0.247 e. The molecule has 1 aliphatic rings. The van der Waals surface area contributed by atoms with Crippen LogP contribution in [-0.2, 0) is 11.8 Å². The summed E-state index contributed by atoms with van der Waals surface area (Å²) in [5, 5.41) is 11.3. The Balaban J connectivity index is 1.44. The number of aromatic amines is 1. The topological polar surface area (TPSA) is 110 Å². The Bertz CT molecular complexity index is 1290. The first-order chi connectivity index (χ1) is 15.1. The number of ether oxygens (including phenoxy) is 1. The third-order valence-electron chi connectivity index (χ3n) is 5.02. The maximum Gasteiger partial charge on any atom is 0.247 e. The predicted molar refractivity (Wildman–Crippen MR) is 118 cm³/mol. The number of anilines is 3. The lowest BCUT2D eigenvalue weighted by Crippen LogP contribution is -2.07. The summed E-state index contributed by atoms with van der Waals surface area (Å²) in [5.74, 6) is 2.40. The second-order valence-electron chi connectivity index (χ2n) is 7.39. The summed E-state index contributed by atoms with van der Waals surface area (Å²) in [6, 6.07) is 11.0. The van der Waals surface area contributed by atoms with Crippen LogP contribution >= 0.6 is 0 Å².